The topological polar surface area (TPSA) is 75.2 Å². The molecule has 1 aliphatic rings. The van der Waals surface area contributed by atoms with Crippen molar-refractivity contribution in [1.29, 1.82) is 0 Å². The molecule has 2 rings (SSSR count). The van der Waals surface area contributed by atoms with Crippen LogP contribution in [0.1, 0.15) is 45.2 Å². The van der Waals surface area contributed by atoms with Crippen LogP contribution in [-0.2, 0) is 11.3 Å². The van der Waals surface area contributed by atoms with Gasteiger partial charge >= 0.3 is 6.09 Å². The number of amides is 1. The summed E-state index contributed by atoms with van der Waals surface area (Å²) < 4.78 is 10.8. The Bertz CT molecular complexity index is 697. The van der Waals surface area contributed by atoms with Crippen molar-refractivity contribution in [2.75, 3.05) is 26.7 Å². The van der Waals surface area contributed by atoms with E-state index in [-0.39, 0.29) is 12.1 Å². The van der Waals surface area contributed by atoms with Crippen LogP contribution in [0.15, 0.2) is 23.2 Å². The molecular weight excluding hydrogens is 356 g/mol. The first kappa shape index (κ1) is 21.9. The zero-order valence-electron chi connectivity index (χ0n) is 18.0. The second kappa shape index (κ2) is 9.66. The molecule has 0 saturated carbocycles. The van der Waals surface area contributed by atoms with Gasteiger partial charge in [-0.3, -0.25) is 0 Å². The summed E-state index contributed by atoms with van der Waals surface area (Å²) in [6, 6.07) is 6.20. The zero-order valence-corrected chi connectivity index (χ0v) is 18.0. The highest BCUT2D eigenvalue weighted by Gasteiger charge is 2.27. The Balaban J connectivity index is 1.98. The molecular formula is C21H34N4O3. The van der Waals surface area contributed by atoms with Gasteiger partial charge in [-0.25, -0.2) is 9.79 Å². The smallest absolute Gasteiger partial charge is 0.407 e. The van der Waals surface area contributed by atoms with E-state index in [1.165, 1.54) is 0 Å². The third kappa shape index (κ3) is 6.62. The van der Waals surface area contributed by atoms with Gasteiger partial charge in [-0.1, -0.05) is 12.1 Å². The summed E-state index contributed by atoms with van der Waals surface area (Å²) in [4.78, 5) is 19.0. The molecule has 1 unspecified atom stereocenters. The van der Waals surface area contributed by atoms with Crippen LogP contribution in [0.5, 0.6) is 5.75 Å². The standard InChI is InChI=1S/C21H34N4O3/c1-7-22-19(23-13-16-9-8-15(2)18(12-16)27-6)25-11-10-17(14-25)24-20(26)28-21(3,4)5/h8-9,12,17H,7,10-11,13-14H2,1-6H3,(H,22,23)(H,24,26). The average molecular weight is 391 g/mol. The minimum Gasteiger partial charge on any atom is -0.496 e. The second-order valence-electron chi connectivity index (χ2n) is 8.05. The van der Waals surface area contributed by atoms with Crippen molar-refractivity contribution in [3.05, 3.63) is 29.3 Å². The monoisotopic (exact) mass is 390 g/mol. The number of carbonyl (C=O) groups excluding carboxylic acids is 1. The molecule has 28 heavy (non-hydrogen) atoms. The predicted molar refractivity (Wildman–Crippen MR) is 112 cm³/mol. The number of benzene rings is 1. The van der Waals surface area contributed by atoms with Crippen LogP contribution in [0.25, 0.3) is 0 Å². The van der Waals surface area contributed by atoms with Crippen molar-refractivity contribution in [3.8, 4) is 5.75 Å². The Labute approximate surface area is 168 Å². The number of aliphatic imine (C=N–C) groups is 1. The quantitative estimate of drug-likeness (QED) is 0.597. The molecule has 2 N–H and O–H groups in total. The molecule has 1 aromatic carbocycles. The molecule has 1 aliphatic heterocycles. The second-order valence-corrected chi connectivity index (χ2v) is 8.05. The molecule has 0 aliphatic carbocycles. The highest BCUT2D eigenvalue weighted by Crippen LogP contribution is 2.20. The molecule has 156 valence electrons. The van der Waals surface area contributed by atoms with Crippen LogP contribution in [0, 0.1) is 6.92 Å². The van der Waals surface area contributed by atoms with Crippen LogP contribution in [0.3, 0.4) is 0 Å². The number of alkyl carbamates (subject to hydrolysis) is 1. The van der Waals surface area contributed by atoms with Gasteiger partial charge < -0.3 is 25.0 Å². The Hall–Kier alpha value is -2.44. The SMILES string of the molecule is CCNC(=NCc1ccc(C)c(OC)c1)N1CCC(NC(=O)OC(C)(C)C)C1. The van der Waals surface area contributed by atoms with Crippen LogP contribution in [-0.4, -0.2) is 55.3 Å². The summed E-state index contributed by atoms with van der Waals surface area (Å²) >= 11 is 0. The highest BCUT2D eigenvalue weighted by atomic mass is 16.6. The molecule has 1 saturated heterocycles. The predicted octanol–water partition coefficient (Wildman–Crippen LogP) is 3.07. The van der Waals surface area contributed by atoms with Gasteiger partial charge in [0.15, 0.2) is 5.96 Å². The lowest BCUT2D eigenvalue weighted by Gasteiger charge is -2.23. The fraction of sp³-hybridized carbons (Fsp3) is 0.619. The number of hydrogen-bond acceptors (Lipinski definition) is 4. The van der Waals surface area contributed by atoms with E-state index in [2.05, 4.69) is 28.5 Å². The number of carbonyl (C=O) groups is 1. The lowest BCUT2D eigenvalue weighted by atomic mass is 10.1. The number of aryl methyl sites for hydroxylation is 1. The van der Waals surface area contributed by atoms with Gasteiger partial charge in [-0.15, -0.1) is 0 Å². The number of nitrogens with one attached hydrogen (secondary N) is 2. The van der Waals surface area contributed by atoms with Crippen molar-refractivity contribution < 1.29 is 14.3 Å². The molecule has 0 bridgehead atoms. The number of likely N-dealkylation sites (tertiary alicyclic amines) is 1. The summed E-state index contributed by atoms with van der Waals surface area (Å²) in [6.07, 6.45) is 0.496. The minimum atomic E-state index is -0.492. The summed E-state index contributed by atoms with van der Waals surface area (Å²) in [5, 5.41) is 6.30. The number of methoxy groups -OCH3 is 1. The van der Waals surface area contributed by atoms with Gasteiger partial charge in [0.1, 0.15) is 11.4 Å². The molecule has 0 radical (unpaired) electrons. The summed E-state index contributed by atoms with van der Waals surface area (Å²) in [6.45, 7) is 12.6. The number of ether oxygens (including phenoxy) is 2. The third-order valence-electron chi connectivity index (χ3n) is 4.43. The summed E-state index contributed by atoms with van der Waals surface area (Å²) in [7, 11) is 1.68. The first-order chi connectivity index (χ1) is 13.2. The van der Waals surface area contributed by atoms with Crippen LogP contribution in [0.2, 0.25) is 0 Å². The van der Waals surface area contributed by atoms with E-state index in [1.807, 2.05) is 39.8 Å². The fourth-order valence-electron chi connectivity index (χ4n) is 3.10. The largest absolute Gasteiger partial charge is 0.496 e. The molecule has 1 atom stereocenters. The normalized spacial score (nSPS) is 17.4. The third-order valence-corrected chi connectivity index (χ3v) is 4.43. The van der Waals surface area contributed by atoms with Gasteiger partial charge in [0.25, 0.3) is 0 Å². The van der Waals surface area contributed by atoms with Crippen LogP contribution in [0.4, 0.5) is 4.79 Å². The number of hydrogen-bond donors (Lipinski definition) is 2. The van der Waals surface area contributed by atoms with Crippen molar-refractivity contribution in [1.82, 2.24) is 15.5 Å². The van der Waals surface area contributed by atoms with Crippen molar-refractivity contribution in [2.45, 2.75) is 59.2 Å². The molecule has 1 aromatic rings. The lowest BCUT2D eigenvalue weighted by molar-refractivity contribution is 0.0507. The molecule has 7 heteroatoms. The van der Waals surface area contributed by atoms with E-state index >= 15 is 0 Å². The Morgan fingerprint density at radius 3 is 2.75 bits per heavy atom. The van der Waals surface area contributed by atoms with Gasteiger partial charge in [-0.2, -0.15) is 0 Å². The number of nitrogens with zero attached hydrogens (tertiary/aromatic N) is 2. The molecule has 1 amide bonds. The number of guanidine groups is 1. The molecule has 1 fully saturated rings. The summed E-state index contributed by atoms with van der Waals surface area (Å²) in [5.41, 5.74) is 1.71. The average Bonchev–Trinajstić information content (AvgIpc) is 3.06. The number of rotatable bonds is 5. The van der Waals surface area contributed by atoms with Gasteiger partial charge in [0, 0.05) is 19.6 Å². The molecule has 0 aromatic heterocycles. The van der Waals surface area contributed by atoms with E-state index in [0.29, 0.717) is 13.1 Å². The zero-order chi connectivity index (χ0) is 20.7. The first-order valence-electron chi connectivity index (χ1n) is 9.88. The van der Waals surface area contributed by atoms with Crippen molar-refractivity contribution >= 4 is 12.1 Å². The lowest BCUT2D eigenvalue weighted by Crippen LogP contribution is -2.44. The van der Waals surface area contributed by atoms with Crippen LogP contribution < -0.4 is 15.4 Å². The van der Waals surface area contributed by atoms with Crippen LogP contribution >= 0.6 is 0 Å². The van der Waals surface area contributed by atoms with Gasteiger partial charge in [0.2, 0.25) is 0 Å². The summed E-state index contributed by atoms with van der Waals surface area (Å²) in [5.74, 6) is 1.73. The molecule has 7 nitrogen and oxygen atoms in total. The Kier molecular flexibility index (Phi) is 7.54. The maximum absolute atomic E-state index is 12.0. The Morgan fingerprint density at radius 2 is 2.11 bits per heavy atom. The maximum atomic E-state index is 12.0. The molecule has 1 heterocycles. The van der Waals surface area contributed by atoms with E-state index in [0.717, 1.165) is 42.3 Å². The van der Waals surface area contributed by atoms with E-state index in [9.17, 15) is 4.79 Å². The highest BCUT2D eigenvalue weighted by molar-refractivity contribution is 5.80. The van der Waals surface area contributed by atoms with Crippen molar-refractivity contribution in [2.24, 2.45) is 4.99 Å². The van der Waals surface area contributed by atoms with E-state index in [4.69, 9.17) is 14.5 Å². The first-order valence-corrected chi connectivity index (χ1v) is 9.88. The maximum Gasteiger partial charge on any atom is 0.407 e. The molecule has 0 spiro atoms. The van der Waals surface area contributed by atoms with E-state index in [1.54, 1.807) is 7.11 Å². The van der Waals surface area contributed by atoms with Crippen molar-refractivity contribution in [3.63, 3.8) is 0 Å². The fourth-order valence-corrected chi connectivity index (χ4v) is 3.10. The Morgan fingerprint density at radius 1 is 1.36 bits per heavy atom. The van der Waals surface area contributed by atoms with E-state index < -0.39 is 5.60 Å². The minimum absolute atomic E-state index is 0.0539. The van der Waals surface area contributed by atoms with Gasteiger partial charge in [-0.05, 0) is 58.2 Å². The van der Waals surface area contributed by atoms with Gasteiger partial charge in [0.05, 0.1) is 19.7 Å².